The first kappa shape index (κ1) is 19.9. The third-order valence-corrected chi connectivity index (χ3v) is 8.90. The smallest absolute Gasteiger partial charge is 0.252 e. The first-order valence-electron chi connectivity index (χ1n) is 11.9. The van der Waals surface area contributed by atoms with E-state index < -0.39 is 0 Å². The van der Waals surface area contributed by atoms with Crippen molar-refractivity contribution in [1.82, 2.24) is 9.47 Å². The fourth-order valence-corrected chi connectivity index (χ4v) is 7.25. The lowest BCUT2D eigenvalue weighted by Crippen LogP contribution is -2.68. The monoisotopic (exact) mass is 458 g/mol. The van der Waals surface area contributed by atoms with Gasteiger partial charge in [0.15, 0.2) is 0 Å². The van der Waals surface area contributed by atoms with Crippen LogP contribution < -0.4 is 5.56 Å². The van der Waals surface area contributed by atoms with Gasteiger partial charge in [-0.05, 0) is 52.6 Å². The van der Waals surface area contributed by atoms with Crippen LogP contribution in [0.25, 0.3) is 10.8 Å². The van der Waals surface area contributed by atoms with Crippen molar-refractivity contribution in [3.05, 3.63) is 75.6 Å². The van der Waals surface area contributed by atoms with Crippen LogP contribution in [0.1, 0.15) is 41.5 Å². The Hall–Kier alpha value is -2.57. The van der Waals surface area contributed by atoms with Gasteiger partial charge in [-0.25, -0.2) is 0 Å². The van der Waals surface area contributed by atoms with Gasteiger partial charge in [0.25, 0.3) is 5.56 Å². The van der Waals surface area contributed by atoms with Crippen LogP contribution >= 0.6 is 11.8 Å². The minimum absolute atomic E-state index is 0.0322. The maximum atomic E-state index is 13.4. The summed E-state index contributed by atoms with van der Waals surface area (Å²) in [4.78, 5) is 28.6. The summed E-state index contributed by atoms with van der Waals surface area (Å²) in [6.07, 6.45) is 3.09. The Bertz CT molecular complexity index is 1340. The molecule has 5 nitrogen and oxygen atoms in total. The molecule has 2 saturated heterocycles. The van der Waals surface area contributed by atoms with Gasteiger partial charge in [0.05, 0.1) is 23.7 Å². The summed E-state index contributed by atoms with van der Waals surface area (Å²) in [6.45, 7) is 3.06. The van der Waals surface area contributed by atoms with Gasteiger partial charge >= 0.3 is 0 Å². The van der Waals surface area contributed by atoms with Crippen LogP contribution in [0.4, 0.5) is 0 Å². The van der Waals surface area contributed by atoms with E-state index in [0.717, 1.165) is 43.3 Å². The van der Waals surface area contributed by atoms with Crippen molar-refractivity contribution in [2.75, 3.05) is 32.1 Å². The van der Waals surface area contributed by atoms with Gasteiger partial charge in [-0.3, -0.25) is 14.2 Å². The van der Waals surface area contributed by atoms with Gasteiger partial charge in [-0.2, -0.15) is 0 Å². The Morgan fingerprint density at radius 3 is 2.61 bits per heavy atom. The summed E-state index contributed by atoms with van der Waals surface area (Å²) in [5, 5.41) is 3.51. The van der Waals surface area contributed by atoms with Crippen molar-refractivity contribution in [3.8, 4) is 0 Å². The average Bonchev–Trinajstić information content (AvgIpc) is 3.49. The molecule has 4 heterocycles. The molecule has 4 aliphatic rings. The van der Waals surface area contributed by atoms with E-state index in [0.29, 0.717) is 11.7 Å². The zero-order chi connectivity index (χ0) is 22.2. The van der Waals surface area contributed by atoms with Gasteiger partial charge in [0.1, 0.15) is 6.04 Å². The van der Waals surface area contributed by atoms with Crippen molar-refractivity contribution >= 4 is 28.4 Å². The second-order valence-corrected chi connectivity index (χ2v) is 11.2. The SMILES string of the molecule is O=C(C1CSc2c(C3CC3)c(Cc3cccc4ccccc34)cc(=O)n21)N1CC2(COC2)C1. The van der Waals surface area contributed by atoms with E-state index in [-0.39, 0.29) is 22.9 Å². The maximum Gasteiger partial charge on any atom is 0.252 e. The first-order valence-corrected chi connectivity index (χ1v) is 12.8. The fourth-order valence-electron chi connectivity index (χ4n) is 5.83. The molecule has 33 heavy (non-hydrogen) atoms. The lowest BCUT2D eigenvalue weighted by atomic mass is 9.78. The van der Waals surface area contributed by atoms with Crippen LogP contribution in [-0.2, 0) is 16.0 Å². The number of ether oxygens (including phenoxy) is 1. The molecule has 1 aliphatic carbocycles. The van der Waals surface area contributed by atoms with Crippen LogP contribution in [0.3, 0.4) is 0 Å². The number of aromatic nitrogens is 1. The highest BCUT2D eigenvalue weighted by Gasteiger charge is 2.52. The number of hydrogen-bond donors (Lipinski definition) is 0. The molecule has 2 aromatic carbocycles. The predicted octanol–water partition coefficient (Wildman–Crippen LogP) is 3.98. The second kappa shape index (κ2) is 7.21. The molecule has 0 bridgehead atoms. The highest BCUT2D eigenvalue weighted by Crippen LogP contribution is 2.49. The number of carbonyl (C=O) groups excluding carboxylic acids is 1. The molecule has 1 atom stereocenters. The maximum absolute atomic E-state index is 13.4. The Labute approximate surface area is 196 Å². The molecule has 3 aliphatic heterocycles. The zero-order valence-corrected chi connectivity index (χ0v) is 19.3. The fraction of sp³-hybridized carbons (Fsp3) is 0.407. The van der Waals surface area contributed by atoms with E-state index >= 15 is 0 Å². The number of pyridine rings is 1. The molecule has 0 radical (unpaired) electrons. The number of rotatable bonds is 4. The lowest BCUT2D eigenvalue weighted by molar-refractivity contribution is -0.196. The predicted molar refractivity (Wildman–Crippen MR) is 129 cm³/mol. The normalized spacial score (nSPS) is 22.8. The highest BCUT2D eigenvalue weighted by molar-refractivity contribution is 7.99. The van der Waals surface area contributed by atoms with Gasteiger partial charge in [-0.15, -0.1) is 11.8 Å². The van der Waals surface area contributed by atoms with Crippen molar-refractivity contribution < 1.29 is 9.53 Å². The summed E-state index contributed by atoms with van der Waals surface area (Å²) in [6, 6.07) is 16.3. The number of benzene rings is 2. The lowest BCUT2D eigenvalue weighted by Gasteiger charge is -2.55. The van der Waals surface area contributed by atoms with E-state index in [1.54, 1.807) is 11.8 Å². The quantitative estimate of drug-likeness (QED) is 0.594. The van der Waals surface area contributed by atoms with E-state index in [2.05, 4.69) is 42.5 Å². The van der Waals surface area contributed by atoms with Crippen LogP contribution in [0.15, 0.2) is 58.4 Å². The molecule has 1 spiro atoms. The molecular weight excluding hydrogens is 432 g/mol. The number of likely N-dealkylation sites (tertiary alicyclic amines) is 1. The molecule has 1 amide bonds. The van der Waals surface area contributed by atoms with Gasteiger partial charge in [0, 0.05) is 24.9 Å². The van der Waals surface area contributed by atoms with Crippen LogP contribution in [-0.4, -0.2) is 47.4 Å². The molecule has 1 unspecified atom stereocenters. The Balaban J connectivity index is 1.25. The number of nitrogens with zero attached hydrogens (tertiary/aromatic N) is 2. The van der Waals surface area contributed by atoms with E-state index in [9.17, 15) is 9.59 Å². The topological polar surface area (TPSA) is 51.5 Å². The van der Waals surface area contributed by atoms with Crippen molar-refractivity contribution in [1.29, 1.82) is 0 Å². The summed E-state index contributed by atoms with van der Waals surface area (Å²) < 4.78 is 7.16. The molecule has 168 valence electrons. The number of fused-ring (bicyclic) bond motifs is 2. The molecule has 7 rings (SSSR count). The van der Waals surface area contributed by atoms with Crippen LogP contribution in [0, 0.1) is 5.41 Å². The Morgan fingerprint density at radius 2 is 1.85 bits per heavy atom. The van der Waals surface area contributed by atoms with Gasteiger partial charge in [0.2, 0.25) is 5.91 Å². The summed E-state index contributed by atoms with van der Waals surface area (Å²) in [5.41, 5.74) is 3.87. The Morgan fingerprint density at radius 1 is 1.06 bits per heavy atom. The van der Waals surface area contributed by atoms with E-state index in [4.69, 9.17) is 4.74 Å². The summed E-state index contributed by atoms with van der Waals surface area (Å²) in [7, 11) is 0. The minimum atomic E-state index is -0.375. The molecule has 3 fully saturated rings. The Kier molecular flexibility index (Phi) is 4.34. The third-order valence-electron chi connectivity index (χ3n) is 7.73. The summed E-state index contributed by atoms with van der Waals surface area (Å²) in [5.74, 6) is 1.27. The number of thioether (sulfide) groups is 1. The standard InChI is InChI=1S/C27H26N2O3S/c30-23-11-20(10-19-6-3-5-17-4-1-2-7-21(17)19)24(18-8-9-18)26-29(23)22(12-33-26)25(31)28-13-27(14-28)15-32-16-27/h1-7,11,18,22H,8-10,12-16H2. The minimum Gasteiger partial charge on any atom is -0.380 e. The summed E-state index contributed by atoms with van der Waals surface area (Å²) >= 11 is 1.70. The van der Waals surface area contributed by atoms with Crippen LogP contribution in [0.5, 0.6) is 0 Å². The van der Waals surface area contributed by atoms with Crippen molar-refractivity contribution in [2.24, 2.45) is 5.41 Å². The molecular formula is C27H26N2O3S. The number of amides is 1. The molecule has 6 heteroatoms. The van der Waals surface area contributed by atoms with Crippen LogP contribution in [0.2, 0.25) is 0 Å². The highest BCUT2D eigenvalue weighted by atomic mass is 32.2. The molecule has 3 aromatic rings. The largest absolute Gasteiger partial charge is 0.380 e. The van der Waals surface area contributed by atoms with Gasteiger partial charge < -0.3 is 9.64 Å². The number of carbonyl (C=O) groups is 1. The number of hydrogen-bond acceptors (Lipinski definition) is 4. The molecule has 1 aromatic heterocycles. The van der Waals surface area contributed by atoms with Gasteiger partial charge in [-0.1, -0.05) is 42.5 Å². The van der Waals surface area contributed by atoms with E-state index in [1.165, 1.54) is 34.7 Å². The van der Waals surface area contributed by atoms with E-state index in [1.807, 2.05) is 15.5 Å². The molecule has 1 saturated carbocycles. The van der Waals surface area contributed by atoms with Crippen molar-refractivity contribution in [3.63, 3.8) is 0 Å². The third kappa shape index (κ3) is 3.11. The first-order chi connectivity index (χ1) is 16.1. The molecule has 0 N–H and O–H groups in total. The second-order valence-electron chi connectivity index (χ2n) is 10.2. The average molecular weight is 459 g/mol. The zero-order valence-electron chi connectivity index (χ0n) is 18.5. The van der Waals surface area contributed by atoms with Crippen molar-refractivity contribution in [2.45, 2.75) is 36.2 Å².